The number of ether oxygens (including phenoxy) is 1. The lowest BCUT2D eigenvalue weighted by atomic mass is 10.2. The fourth-order valence-electron chi connectivity index (χ4n) is 1.73. The summed E-state index contributed by atoms with van der Waals surface area (Å²) in [5.41, 5.74) is 1.37. The molecule has 1 amide bonds. The third-order valence-electron chi connectivity index (χ3n) is 2.79. The Kier molecular flexibility index (Phi) is 5.66. The number of hydrogen-bond acceptors (Lipinski definition) is 5. The van der Waals surface area contributed by atoms with Crippen molar-refractivity contribution < 1.29 is 9.53 Å². The Labute approximate surface area is 123 Å². The van der Waals surface area contributed by atoms with E-state index in [0.29, 0.717) is 31.1 Å². The summed E-state index contributed by atoms with van der Waals surface area (Å²) >= 11 is 0. The Morgan fingerprint density at radius 1 is 1.24 bits per heavy atom. The van der Waals surface area contributed by atoms with Crippen LogP contribution in [0.5, 0.6) is 0 Å². The highest BCUT2D eigenvalue weighted by Crippen LogP contribution is 2.06. The SMILES string of the molecule is COCCNc1cc(C(=O)NCc2ccccn2)ccn1. The normalized spacial score (nSPS) is 10.1. The zero-order valence-corrected chi connectivity index (χ0v) is 11.9. The molecule has 0 aromatic carbocycles. The van der Waals surface area contributed by atoms with Gasteiger partial charge in [-0.05, 0) is 24.3 Å². The number of nitrogens with zero attached hydrogens (tertiary/aromatic N) is 2. The third kappa shape index (κ3) is 4.85. The lowest BCUT2D eigenvalue weighted by molar-refractivity contribution is 0.0950. The predicted molar refractivity (Wildman–Crippen MR) is 80.0 cm³/mol. The van der Waals surface area contributed by atoms with Gasteiger partial charge in [0.2, 0.25) is 0 Å². The number of nitrogens with one attached hydrogen (secondary N) is 2. The van der Waals surface area contributed by atoms with Gasteiger partial charge in [0.1, 0.15) is 5.82 Å². The molecule has 21 heavy (non-hydrogen) atoms. The van der Waals surface area contributed by atoms with Gasteiger partial charge in [-0.25, -0.2) is 4.98 Å². The second kappa shape index (κ2) is 7.96. The maximum atomic E-state index is 12.1. The number of pyridine rings is 2. The van der Waals surface area contributed by atoms with E-state index in [4.69, 9.17) is 4.74 Å². The van der Waals surface area contributed by atoms with Crippen LogP contribution >= 0.6 is 0 Å². The van der Waals surface area contributed by atoms with Crippen LogP contribution in [-0.4, -0.2) is 36.1 Å². The van der Waals surface area contributed by atoms with Crippen molar-refractivity contribution in [3.8, 4) is 0 Å². The second-order valence-electron chi connectivity index (χ2n) is 4.35. The molecule has 6 heteroatoms. The van der Waals surface area contributed by atoms with Crippen molar-refractivity contribution in [2.24, 2.45) is 0 Å². The highest BCUT2D eigenvalue weighted by atomic mass is 16.5. The van der Waals surface area contributed by atoms with Crippen molar-refractivity contribution in [2.75, 3.05) is 25.6 Å². The molecule has 0 aliphatic heterocycles. The van der Waals surface area contributed by atoms with Crippen LogP contribution in [0.3, 0.4) is 0 Å². The van der Waals surface area contributed by atoms with Crippen molar-refractivity contribution in [3.63, 3.8) is 0 Å². The van der Waals surface area contributed by atoms with Gasteiger partial charge in [0.25, 0.3) is 5.91 Å². The van der Waals surface area contributed by atoms with Gasteiger partial charge in [0.15, 0.2) is 0 Å². The summed E-state index contributed by atoms with van der Waals surface area (Å²) < 4.78 is 4.95. The Bertz CT molecular complexity index is 575. The highest BCUT2D eigenvalue weighted by Gasteiger charge is 2.06. The van der Waals surface area contributed by atoms with Crippen LogP contribution in [0.4, 0.5) is 5.82 Å². The summed E-state index contributed by atoms with van der Waals surface area (Å²) in [5.74, 6) is 0.496. The number of methoxy groups -OCH3 is 1. The van der Waals surface area contributed by atoms with Crippen LogP contribution in [0.1, 0.15) is 16.1 Å². The quantitative estimate of drug-likeness (QED) is 0.754. The molecule has 0 atom stereocenters. The minimum Gasteiger partial charge on any atom is -0.383 e. The number of rotatable bonds is 7. The van der Waals surface area contributed by atoms with E-state index < -0.39 is 0 Å². The molecule has 0 fully saturated rings. The van der Waals surface area contributed by atoms with Gasteiger partial charge < -0.3 is 15.4 Å². The van der Waals surface area contributed by atoms with Crippen LogP contribution in [0.2, 0.25) is 0 Å². The number of hydrogen-bond donors (Lipinski definition) is 2. The minimum atomic E-state index is -0.155. The number of aromatic nitrogens is 2. The maximum Gasteiger partial charge on any atom is 0.251 e. The molecule has 0 spiro atoms. The molecule has 6 nitrogen and oxygen atoms in total. The van der Waals surface area contributed by atoms with Crippen LogP contribution < -0.4 is 10.6 Å². The standard InChI is InChI=1S/C15H18N4O2/c1-21-9-8-18-14-10-12(5-7-17-14)15(20)19-11-13-4-2-3-6-16-13/h2-7,10H,8-9,11H2,1H3,(H,17,18)(H,19,20). The molecular formula is C15H18N4O2. The first-order chi connectivity index (χ1) is 10.3. The molecular weight excluding hydrogens is 268 g/mol. The summed E-state index contributed by atoms with van der Waals surface area (Å²) in [7, 11) is 1.64. The van der Waals surface area contributed by atoms with E-state index in [0.717, 1.165) is 5.69 Å². The van der Waals surface area contributed by atoms with E-state index in [2.05, 4.69) is 20.6 Å². The molecule has 0 saturated heterocycles. The van der Waals surface area contributed by atoms with Crippen molar-refractivity contribution in [1.82, 2.24) is 15.3 Å². The van der Waals surface area contributed by atoms with Gasteiger partial charge in [-0.3, -0.25) is 9.78 Å². The summed E-state index contributed by atoms with van der Waals surface area (Å²) in [6.45, 7) is 1.62. The first-order valence-corrected chi connectivity index (χ1v) is 6.66. The fourth-order valence-corrected chi connectivity index (χ4v) is 1.73. The van der Waals surface area contributed by atoms with E-state index in [9.17, 15) is 4.79 Å². The highest BCUT2D eigenvalue weighted by molar-refractivity contribution is 5.94. The number of anilines is 1. The molecule has 2 rings (SSSR count). The predicted octanol–water partition coefficient (Wildman–Crippen LogP) is 1.46. The number of amides is 1. The first-order valence-electron chi connectivity index (χ1n) is 6.66. The molecule has 0 saturated carbocycles. The van der Waals surface area contributed by atoms with Crippen LogP contribution in [0.25, 0.3) is 0 Å². The summed E-state index contributed by atoms with van der Waals surface area (Å²) in [5, 5.41) is 5.91. The van der Waals surface area contributed by atoms with Crippen LogP contribution in [-0.2, 0) is 11.3 Å². The van der Waals surface area contributed by atoms with E-state index in [1.54, 1.807) is 31.6 Å². The average Bonchev–Trinajstić information content (AvgIpc) is 2.54. The molecule has 0 aliphatic rings. The van der Waals surface area contributed by atoms with Crippen molar-refractivity contribution >= 4 is 11.7 Å². The van der Waals surface area contributed by atoms with E-state index in [1.807, 2.05) is 18.2 Å². The molecule has 0 bridgehead atoms. The largest absolute Gasteiger partial charge is 0.383 e. The van der Waals surface area contributed by atoms with E-state index in [1.165, 1.54) is 0 Å². The topological polar surface area (TPSA) is 76.1 Å². The van der Waals surface area contributed by atoms with Gasteiger partial charge in [-0.1, -0.05) is 6.07 Å². The Morgan fingerprint density at radius 3 is 2.90 bits per heavy atom. The molecule has 0 radical (unpaired) electrons. The lowest BCUT2D eigenvalue weighted by Crippen LogP contribution is -2.23. The van der Waals surface area contributed by atoms with Crippen LogP contribution in [0, 0.1) is 0 Å². The van der Waals surface area contributed by atoms with Gasteiger partial charge in [-0.15, -0.1) is 0 Å². The van der Waals surface area contributed by atoms with Crippen molar-refractivity contribution in [2.45, 2.75) is 6.54 Å². The van der Waals surface area contributed by atoms with Gasteiger partial charge >= 0.3 is 0 Å². The van der Waals surface area contributed by atoms with Gasteiger partial charge in [0, 0.05) is 31.6 Å². The number of carbonyl (C=O) groups excluding carboxylic acids is 1. The molecule has 0 aliphatic carbocycles. The summed E-state index contributed by atoms with van der Waals surface area (Å²) in [4.78, 5) is 20.4. The molecule has 2 heterocycles. The zero-order valence-electron chi connectivity index (χ0n) is 11.9. The van der Waals surface area contributed by atoms with Gasteiger partial charge in [0.05, 0.1) is 18.8 Å². The summed E-state index contributed by atoms with van der Waals surface area (Å²) in [6, 6.07) is 8.98. The third-order valence-corrected chi connectivity index (χ3v) is 2.79. The Hall–Kier alpha value is -2.47. The smallest absolute Gasteiger partial charge is 0.251 e. The molecule has 2 aromatic rings. The van der Waals surface area contributed by atoms with Gasteiger partial charge in [-0.2, -0.15) is 0 Å². The average molecular weight is 286 g/mol. The Morgan fingerprint density at radius 2 is 2.14 bits per heavy atom. The molecule has 2 N–H and O–H groups in total. The minimum absolute atomic E-state index is 0.155. The second-order valence-corrected chi connectivity index (χ2v) is 4.35. The maximum absolute atomic E-state index is 12.1. The molecule has 110 valence electrons. The molecule has 2 aromatic heterocycles. The monoisotopic (exact) mass is 286 g/mol. The fraction of sp³-hybridized carbons (Fsp3) is 0.267. The lowest BCUT2D eigenvalue weighted by Gasteiger charge is -2.08. The zero-order chi connectivity index (χ0) is 14.9. The van der Waals surface area contributed by atoms with Crippen molar-refractivity contribution in [3.05, 3.63) is 54.0 Å². The van der Waals surface area contributed by atoms with E-state index >= 15 is 0 Å². The Balaban J connectivity index is 1.91. The van der Waals surface area contributed by atoms with Crippen LogP contribution in [0.15, 0.2) is 42.7 Å². The first kappa shape index (κ1) is 14.9. The molecule has 0 unspecified atom stereocenters. The van der Waals surface area contributed by atoms with E-state index in [-0.39, 0.29) is 5.91 Å². The van der Waals surface area contributed by atoms with Crippen molar-refractivity contribution in [1.29, 1.82) is 0 Å². The number of carbonyl (C=O) groups is 1. The summed E-state index contributed by atoms with van der Waals surface area (Å²) in [6.07, 6.45) is 3.30.